The summed E-state index contributed by atoms with van der Waals surface area (Å²) in [5.41, 5.74) is 0. The first kappa shape index (κ1) is 49.2. The Labute approximate surface area is 310 Å². The molecule has 3 unspecified atom stereocenters. The van der Waals surface area contributed by atoms with Crippen LogP contribution in [0.1, 0.15) is 194 Å². The van der Waals surface area contributed by atoms with Gasteiger partial charge in [0.15, 0.2) is 0 Å². The Morgan fingerprint density at radius 1 is 0.680 bits per heavy atom. The zero-order valence-electron chi connectivity index (χ0n) is 33.6. The number of nitrogens with zero attached hydrogens (tertiary/aromatic N) is 1. The lowest BCUT2D eigenvalue weighted by molar-refractivity contribution is -0.870. The largest absolute Gasteiger partial charge is 0.756 e. The smallest absolute Gasteiger partial charge is 0.268 e. The van der Waals surface area contributed by atoms with Gasteiger partial charge in [-0.05, 0) is 12.8 Å². The van der Waals surface area contributed by atoms with Crippen molar-refractivity contribution in [2.75, 3.05) is 40.9 Å². The number of phosphoric ester groups is 1. The van der Waals surface area contributed by atoms with Crippen LogP contribution in [0.2, 0.25) is 0 Å². The van der Waals surface area contributed by atoms with Gasteiger partial charge in [0.05, 0.1) is 39.9 Å². The molecule has 0 heterocycles. The topological polar surface area (TPSA) is 108 Å². The van der Waals surface area contributed by atoms with Crippen LogP contribution in [0.5, 0.6) is 0 Å². The van der Waals surface area contributed by atoms with Gasteiger partial charge >= 0.3 is 0 Å². The fourth-order valence-corrected chi connectivity index (χ4v) is 6.82. The summed E-state index contributed by atoms with van der Waals surface area (Å²) in [6.07, 6.45) is 37.9. The minimum absolute atomic E-state index is 0.000150. The zero-order chi connectivity index (χ0) is 37.2. The summed E-state index contributed by atoms with van der Waals surface area (Å²) in [4.78, 5) is 24.9. The number of quaternary nitrogens is 1. The molecule has 0 aliphatic carbocycles. The first-order valence-corrected chi connectivity index (χ1v) is 22.5. The van der Waals surface area contributed by atoms with Crippen LogP contribution in [0.4, 0.5) is 0 Å². The monoisotopic (exact) mass is 731 g/mol. The molecule has 298 valence electrons. The van der Waals surface area contributed by atoms with Crippen LogP contribution in [0.25, 0.3) is 0 Å². The molecule has 0 aliphatic heterocycles. The second-order valence-corrected chi connectivity index (χ2v) is 17.1. The Morgan fingerprint density at radius 2 is 1.08 bits per heavy atom. The van der Waals surface area contributed by atoms with Crippen molar-refractivity contribution in [3.8, 4) is 0 Å². The van der Waals surface area contributed by atoms with E-state index in [0.717, 1.165) is 32.1 Å². The standard InChI is InChI=1S/C41H83N2O6P/c1-6-8-10-11-12-13-14-15-16-17-18-19-20-21-22-23-24-25-26-27-28-29-30-31-33-35-41(45)42-39(40(44)34-32-9-7-2)38-49-50(46,47)48-37-36-43(3,4)5/h32,34,39-40,44H,6-31,33,35-38H2,1-5H3,(H-,42,45,46,47)/b34-32+. The van der Waals surface area contributed by atoms with Gasteiger partial charge in [-0.1, -0.05) is 187 Å². The molecule has 50 heavy (non-hydrogen) atoms. The zero-order valence-corrected chi connectivity index (χ0v) is 34.5. The second kappa shape index (κ2) is 34.0. The Morgan fingerprint density at radius 3 is 1.46 bits per heavy atom. The molecule has 0 fully saturated rings. The fourth-order valence-electron chi connectivity index (χ4n) is 6.10. The number of rotatable bonds is 38. The highest BCUT2D eigenvalue weighted by molar-refractivity contribution is 7.45. The number of phosphoric acid groups is 1. The quantitative estimate of drug-likeness (QED) is 0.0283. The molecule has 0 bridgehead atoms. The maximum Gasteiger partial charge on any atom is 0.268 e. The van der Waals surface area contributed by atoms with Crippen LogP contribution in [0.15, 0.2) is 12.2 Å². The number of aliphatic hydroxyl groups is 1. The predicted molar refractivity (Wildman–Crippen MR) is 210 cm³/mol. The molecule has 8 nitrogen and oxygen atoms in total. The lowest BCUT2D eigenvalue weighted by Gasteiger charge is -2.29. The molecule has 1 amide bonds. The third kappa shape index (κ3) is 35.6. The Bertz CT molecular complexity index is 834. The van der Waals surface area contributed by atoms with Crippen LogP contribution >= 0.6 is 7.82 Å². The maximum atomic E-state index is 12.6. The fraction of sp³-hybridized carbons (Fsp3) is 0.927. The van der Waals surface area contributed by atoms with Gasteiger partial charge in [0.2, 0.25) is 5.91 Å². The van der Waals surface area contributed by atoms with Gasteiger partial charge in [-0.15, -0.1) is 0 Å². The number of aliphatic hydroxyl groups excluding tert-OH is 1. The van der Waals surface area contributed by atoms with E-state index in [1.54, 1.807) is 6.08 Å². The van der Waals surface area contributed by atoms with Crippen molar-refractivity contribution in [2.45, 2.75) is 206 Å². The normalized spacial score (nSPS) is 14.6. The van der Waals surface area contributed by atoms with E-state index in [9.17, 15) is 19.4 Å². The van der Waals surface area contributed by atoms with Gasteiger partial charge in [-0.3, -0.25) is 9.36 Å². The third-order valence-corrected chi connectivity index (χ3v) is 10.4. The van der Waals surface area contributed by atoms with Gasteiger partial charge in [-0.25, -0.2) is 0 Å². The summed E-state index contributed by atoms with van der Waals surface area (Å²) in [6.45, 7) is 4.44. The van der Waals surface area contributed by atoms with Crippen LogP contribution < -0.4 is 10.2 Å². The Kier molecular flexibility index (Phi) is 33.5. The molecular weight excluding hydrogens is 647 g/mol. The number of allylic oxidation sites excluding steroid dienone is 1. The minimum Gasteiger partial charge on any atom is -0.756 e. The van der Waals surface area contributed by atoms with Crippen molar-refractivity contribution in [1.82, 2.24) is 5.32 Å². The lowest BCUT2D eigenvalue weighted by Crippen LogP contribution is -2.45. The Balaban J connectivity index is 3.83. The number of carbonyl (C=O) groups is 1. The summed E-state index contributed by atoms with van der Waals surface area (Å²) >= 11 is 0. The van der Waals surface area contributed by atoms with E-state index in [4.69, 9.17) is 9.05 Å². The molecule has 0 aromatic carbocycles. The van der Waals surface area contributed by atoms with Gasteiger partial charge in [-0.2, -0.15) is 0 Å². The highest BCUT2D eigenvalue weighted by Gasteiger charge is 2.23. The third-order valence-electron chi connectivity index (χ3n) is 9.48. The van der Waals surface area contributed by atoms with E-state index in [2.05, 4.69) is 12.2 Å². The number of likely N-dealkylation sites (N-methyl/N-ethyl adjacent to an activating group) is 1. The molecule has 2 N–H and O–H groups in total. The van der Waals surface area contributed by atoms with Crippen LogP contribution in [0, 0.1) is 0 Å². The number of carbonyl (C=O) groups excluding carboxylic acids is 1. The first-order valence-electron chi connectivity index (χ1n) is 21.1. The molecule has 0 rings (SSSR count). The van der Waals surface area contributed by atoms with Crippen LogP contribution in [0.3, 0.4) is 0 Å². The molecule has 0 aliphatic rings. The molecular formula is C41H83N2O6P. The molecule has 0 aromatic rings. The van der Waals surface area contributed by atoms with E-state index in [0.29, 0.717) is 17.4 Å². The molecule has 0 aromatic heterocycles. The molecule has 0 radical (unpaired) electrons. The van der Waals surface area contributed by atoms with Crippen molar-refractivity contribution < 1.29 is 32.9 Å². The highest BCUT2D eigenvalue weighted by atomic mass is 31.2. The summed E-state index contributed by atoms with van der Waals surface area (Å²) in [7, 11) is 1.26. The number of amides is 1. The van der Waals surface area contributed by atoms with Gasteiger partial charge in [0, 0.05) is 6.42 Å². The van der Waals surface area contributed by atoms with E-state index in [1.165, 1.54) is 141 Å². The predicted octanol–water partition coefficient (Wildman–Crippen LogP) is 10.6. The summed E-state index contributed by atoms with van der Waals surface area (Å²) in [5, 5.41) is 13.4. The average Bonchev–Trinajstić information content (AvgIpc) is 3.06. The van der Waals surface area contributed by atoms with Crippen molar-refractivity contribution in [3.63, 3.8) is 0 Å². The van der Waals surface area contributed by atoms with Gasteiger partial charge in [0.1, 0.15) is 13.2 Å². The van der Waals surface area contributed by atoms with E-state index in [1.807, 2.05) is 34.1 Å². The average molecular weight is 731 g/mol. The first-order chi connectivity index (χ1) is 24.0. The van der Waals surface area contributed by atoms with Crippen molar-refractivity contribution >= 4 is 13.7 Å². The molecule has 0 saturated heterocycles. The SMILES string of the molecule is CCC/C=C/C(O)C(COP(=O)([O-])OCC[N+](C)(C)C)NC(=O)CCCCCCCCCCCCCCCCCCCCCCCCCCC. The number of nitrogens with one attached hydrogen (secondary N) is 1. The van der Waals surface area contributed by atoms with Crippen LogP contribution in [-0.2, 0) is 18.4 Å². The van der Waals surface area contributed by atoms with Crippen molar-refractivity contribution in [3.05, 3.63) is 12.2 Å². The molecule has 9 heteroatoms. The van der Waals surface area contributed by atoms with Gasteiger partial charge in [0.25, 0.3) is 7.82 Å². The molecule has 0 spiro atoms. The number of hydrogen-bond acceptors (Lipinski definition) is 6. The summed E-state index contributed by atoms with van der Waals surface area (Å²) in [6, 6.07) is -0.876. The second-order valence-electron chi connectivity index (χ2n) is 15.7. The summed E-state index contributed by atoms with van der Waals surface area (Å²) in [5.74, 6) is -0.206. The van der Waals surface area contributed by atoms with Gasteiger partial charge < -0.3 is 28.8 Å². The highest BCUT2D eigenvalue weighted by Crippen LogP contribution is 2.38. The van der Waals surface area contributed by atoms with E-state index in [-0.39, 0.29) is 19.1 Å². The van der Waals surface area contributed by atoms with Crippen molar-refractivity contribution in [1.29, 1.82) is 0 Å². The number of hydrogen-bond donors (Lipinski definition) is 2. The lowest BCUT2D eigenvalue weighted by atomic mass is 10.0. The molecule has 0 saturated carbocycles. The minimum atomic E-state index is -4.56. The maximum absolute atomic E-state index is 12.6. The molecule has 3 atom stereocenters. The van der Waals surface area contributed by atoms with Crippen LogP contribution in [-0.4, -0.2) is 68.5 Å². The van der Waals surface area contributed by atoms with Crippen molar-refractivity contribution in [2.24, 2.45) is 0 Å². The summed E-state index contributed by atoms with van der Waals surface area (Å²) < 4.78 is 22.8. The van der Waals surface area contributed by atoms with E-state index >= 15 is 0 Å². The van der Waals surface area contributed by atoms with E-state index < -0.39 is 20.0 Å². The Hall–Kier alpha value is -0.760. The number of unbranched alkanes of at least 4 members (excludes halogenated alkanes) is 25.